The van der Waals surface area contributed by atoms with E-state index >= 15 is 0 Å². The van der Waals surface area contributed by atoms with Crippen molar-refractivity contribution in [3.63, 3.8) is 0 Å². The molecule has 3 heteroatoms. The van der Waals surface area contributed by atoms with Crippen molar-refractivity contribution in [2.24, 2.45) is 5.92 Å². The molecule has 0 bridgehead atoms. The summed E-state index contributed by atoms with van der Waals surface area (Å²) >= 11 is 0. The Bertz CT molecular complexity index is 498. The average Bonchev–Trinajstić information content (AvgIpc) is 2.83. The van der Waals surface area contributed by atoms with Gasteiger partial charge in [-0.15, -0.1) is 0 Å². The van der Waals surface area contributed by atoms with Crippen molar-refractivity contribution in [1.82, 2.24) is 0 Å². The van der Waals surface area contributed by atoms with E-state index in [-0.39, 0.29) is 0 Å². The maximum atomic E-state index is 11.3. The fourth-order valence-electron chi connectivity index (χ4n) is 3.79. The molecule has 1 aliphatic heterocycles. The molecule has 2 unspecified atom stereocenters. The number of hydrogen-bond donors (Lipinski definition) is 1. The third-order valence-corrected chi connectivity index (χ3v) is 4.73. The molecule has 1 aliphatic carbocycles. The maximum absolute atomic E-state index is 11.3. The van der Waals surface area contributed by atoms with E-state index < -0.39 is 5.97 Å². The monoisotopic (exact) mass is 259 g/mol. The molecule has 1 aromatic rings. The topological polar surface area (TPSA) is 40.5 Å². The molecule has 1 heterocycles. The van der Waals surface area contributed by atoms with Gasteiger partial charge in [-0.2, -0.15) is 0 Å². The zero-order valence-electron chi connectivity index (χ0n) is 11.4. The fourth-order valence-corrected chi connectivity index (χ4v) is 3.79. The number of carboxylic acids is 1. The second kappa shape index (κ2) is 4.87. The molecule has 0 aromatic heterocycles. The van der Waals surface area contributed by atoms with Gasteiger partial charge in [0, 0.05) is 18.3 Å². The molecular formula is C16H21NO2. The van der Waals surface area contributed by atoms with Gasteiger partial charge in [-0.05, 0) is 49.3 Å². The summed E-state index contributed by atoms with van der Waals surface area (Å²) in [6.07, 6.45) is 5.82. The Balaban J connectivity index is 2.00. The Morgan fingerprint density at radius 2 is 2.16 bits per heavy atom. The summed E-state index contributed by atoms with van der Waals surface area (Å²) < 4.78 is 0. The zero-order chi connectivity index (χ0) is 13.4. The first-order valence-electron chi connectivity index (χ1n) is 7.30. The first-order valence-corrected chi connectivity index (χ1v) is 7.30. The van der Waals surface area contributed by atoms with Crippen LogP contribution < -0.4 is 4.90 Å². The van der Waals surface area contributed by atoms with Gasteiger partial charge >= 0.3 is 5.97 Å². The Kier molecular flexibility index (Phi) is 3.21. The maximum Gasteiger partial charge on any atom is 0.336 e. The van der Waals surface area contributed by atoms with Crippen LogP contribution >= 0.6 is 0 Å². The van der Waals surface area contributed by atoms with E-state index in [9.17, 15) is 9.90 Å². The zero-order valence-corrected chi connectivity index (χ0v) is 11.4. The Hall–Kier alpha value is -1.51. The molecule has 1 saturated carbocycles. The van der Waals surface area contributed by atoms with E-state index in [0.29, 0.717) is 11.6 Å². The van der Waals surface area contributed by atoms with Crippen LogP contribution in [0.15, 0.2) is 18.2 Å². The normalized spacial score (nSPS) is 26.3. The second-order valence-electron chi connectivity index (χ2n) is 5.88. The van der Waals surface area contributed by atoms with Crippen molar-refractivity contribution >= 4 is 11.7 Å². The largest absolute Gasteiger partial charge is 0.478 e. The molecule has 0 saturated heterocycles. The molecule has 0 amide bonds. The van der Waals surface area contributed by atoms with E-state index in [2.05, 4.69) is 17.9 Å². The van der Waals surface area contributed by atoms with Crippen molar-refractivity contribution in [2.45, 2.75) is 45.1 Å². The molecule has 3 nitrogen and oxygen atoms in total. The van der Waals surface area contributed by atoms with Crippen LogP contribution in [0, 0.1) is 5.92 Å². The molecule has 19 heavy (non-hydrogen) atoms. The lowest BCUT2D eigenvalue weighted by Crippen LogP contribution is -2.41. The highest BCUT2D eigenvalue weighted by Gasteiger charge is 2.32. The quantitative estimate of drug-likeness (QED) is 0.885. The Labute approximate surface area is 114 Å². The van der Waals surface area contributed by atoms with Gasteiger partial charge in [0.2, 0.25) is 0 Å². The number of carboxylic acid groups (broad SMARTS) is 1. The van der Waals surface area contributed by atoms with Crippen LogP contribution in [0.5, 0.6) is 0 Å². The summed E-state index contributed by atoms with van der Waals surface area (Å²) in [5.74, 6) is -0.0717. The molecule has 1 aromatic carbocycles. The van der Waals surface area contributed by atoms with Crippen LogP contribution in [-0.4, -0.2) is 23.7 Å². The van der Waals surface area contributed by atoms with Crippen LogP contribution in [0.3, 0.4) is 0 Å². The van der Waals surface area contributed by atoms with E-state index in [1.54, 1.807) is 6.07 Å². The lowest BCUT2D eigenvalue weighted by Gasteiger charge is -2.38. The molecule has 1 N–H and O–H groups in total. The van der Waals surface area contributed by atoms with Gasteiger partial charge < -0.3 is 10.0 Å². The number of benzene rings is 1. The molecule has 102 valence electrons. The predicted octanol–water partition coefficient (Wildman–Crippen LogP) is 3.33. The average molecular weight is 259 g/mol. The predicted molar refractivity (Wildman–Crippen MR) is 75.9 cm³/mol. The van der Waals surface area contributed by atoms with E-state index in [1.165, 1.54) is 24.9 Å². The van der Waals surface area contributed by atoms with E-state index in [4.69, 9.17) is 0 Å². The molecule has 0 spiro atoms. The van der Waals surface area contributed by atoms with Gasteiger partial charge in [-0.25, -0.2) is 4.79 Å². The van der Waals surface area contributed by atoms with Crippen molar-refractivity contribution in [1.29, 1.82) is 0 Å². The SMILES string of the molecule is CC1CCCC1N1CCCc2c(C(=O)O)cccc21. The van der Waals surface area contributed by atoms with Gasteiger partial charge in [0.1, 0.15) is 0 Å². The minimum atomic E-state index is -0.793. The standard InChI is InChI=1S/C16H21NO2/c1-11-5-2-8-14(11)17-10-4-7-12-13(16(18)19)6-3-9-15(12)17/h3,6,9,11,14H,2,4-5,7-8,10H2,1H3,(H,18,19). The highest BCUT2D eigenvalue weighted by Crippen LogP contribution is 2.37. The van der Waals surface area contributed by atoms with Crippen LogP contribution in [-0.2, 0) is 6.42 Å². The van der Waals surface area contributed by atoms with Gasteiger partial charge in [-0.1, -0.05) is 19.4 Å². The third-order valence-electron chi connectivity index (χ3n) is 4.73. The number of rotatable bonds is 2. The van der Waals surface area contributed by atoms with Crippen LogP contribution in [0.25, 0.3) is 0 Å². The van der Waals surface area contributed by atoms with Gasteiger partial charge in [-0.3, -0.25) is 0 Å². The number of carbonyl (C=O) groups is 1. The minimum absolute atomic E-state index is 0.493. The lowest BCUT2D eigenvalue weighted by atomic mass is 9.93. The Morgan fingerprint density at radius 1 is 1.32 bits per heavy atom. The molecule has 1 fully saturated rings. The summed E-state index contributed by atoms with van der Waals surface area (Å²) in [5, 5.41) is 9.33. The van der Waals surface area contributed by atoms with Crippen LogP contribution in [0.2, 0.25) is 0 Å². The summed E-state index contributed by atoms with van der Waals surface area (Å²) in [6, 6.07) is 6.33. The first kappa shape index (κ1) is 12.5. The van der Waals surface area contributed by atoms with Crippen molar-refractivity contribution in [3.05, 3.63) is 29.3 Å². The molecule has 0 radical (unpaired) electrons. The van der Waals surface area contributed by atoms with E-state index in [0.717, 1.165) is 30.9 Å². The smallest absolute Gasteiger partial charge is 0.336 e. The first-order chi connectivity index (χ1) is 9.18. The lowest BCUT2D eigenvalue weighted by molar-refractivity contribution is 0.0695. The highest BCUT2D eigenvalue weighted by atomic mass is 16.4. The summed E-state index contributed by atoms with van der Waals surface area (Å²) in [7, 11) is 0. The van der Waals surface area contributed by atoms with Crippen molar-refractivity contribution in [3.8, 4) is 0 Å². The second-order valence-corrected chi connectivity index (χ2v) is 5.88. The third kappa shape index (κ3) is 2.11. The van der Waals surface area contributed by atoms with Gasteiger partial charge in [0.05, 0.1) is 5.56 Å². The van der Waals surface area contributed by atoms with Crippen LogP contribution in [0.1, 0.15) is 48.5 Å². The minimum Gasteiger partial charge on any atom is -0.478 e. The van der Waals surface area contributed by atoms with Gasteiger partial charge in [0.25, 0.3) is 0 Å². The molecule has 2 atom stereocenters. The number of anilines is 1. The summed E-state index contributed by atoms with van der Waals surface area (Å²) in [5.41, 5.74) is 2.71. The summed E-state index contributed by atoms with van der Waals surface area (Å²) in [6.45, 7) is 3.40. The molecular weight excluding hydrogens is 238 g/mol. The highest BCUT2D eigenvalue weighted by molar-refractivity contribution is 5.91. The van der Waals surface area contributed by atoms with Crippen molar-refractivity contribution < 1.29 is 9.90 Å². The van der Waals surface area contributed by atoms with Crippen molar-refractivity contribution in [2.75, 3.05) is 11.4 Å². The number of hydrogen-bond acceptors (Lipinski definition) is 2. The molecule has 2 aliphatic rings. The number of fused-ring (bicyclic) bond motifs is 1. The van der Waals surface area contributed by atoms with E-state index in [1.807, 2.05) is 6.07 Å². The van der Waals surface area contributed by atoms with Gasteiger partial charge in [0.15, 0.2) is 0 Å². The fraction of sp³-hybridized carbons (Fsp3) is 0.562. The van der Waals surface area contributed by atoms with Crippen LogP contribution in [0.4, 0.5) is 5.69 Å². The number of nitrogens with zero attached hydrogens (tertiary/aromatic N) is 1. The summed E-state index contributed by atoms with van der Waals surface area (Å²) in [4.78, 5) is 13.8. The Morgan fingerprint density at radius 3 is 2.84 bits per heavy atom. The number of aromatic carboxylic acids is 1. The molecule has 3 rings (SSSR count).